The molecule has 11 heteroatoms. The fourth-order valence-electron chi connectivity index (χ4n) is 2.95. The Labute approximate surface area is 166 Å². The van der Waals surface area contributed by atoms with Crippen LogP contribution in [0.5, 0.6) is 5.75 Å². The highest BCUT2D eigenvalue weighted by atomic mass is 19.3. The first-order valence-corrected chi connectivity index (χ1v) is 8.51. The van der Waals surface area contributed by atoms with Crippen LogP contribution in [0.3, 0.4) is 0 Å². The Morgan fingerprint density at radius 3 is 2.77 bits per heavy atom. The van der Waals surface area contributed by atoms with Gasteiger partial charge in [0.05, 0.1) is 16.3 Å². The molecule has 2 heterocycles. The Hall–Kier alpha value is -4.15. The lowest BCUT2D eigenvalue weighted by atomic mass is 10.1. The predicted molar refractivity (Wildman–Crippen MR) is 102 cm³/mol. The van der Waals surface area contributed by atoms with Gasteiger partial charge in [-0.2, -0.15) is 13.2 Å². The maximum atomic E-state index is 13.8. The van der Waals surface area contributed by atoms with Crippen LogP contribution in [0.25, 0.3) is 22.2 Å². The summed E-state index contributed by atoms with van der Waals surface area (Å²) in [6.45, 7) is -3.26. The maximum Gasteiger partial charge on any atom is 0.387 e. The largest absolute Gasteiger partial charge is 0.432 e. The highest BCUT2D eigenvalue weighted by Crippen LogP contribution is 2.35. The first-order chi connectivity index (χ1) is 14.4. The molecule has 4 rings (SSSR count). The van der Waals surface area contributed by atoms with Gasteiger partial charge >= 0.3 is 12.3 Å². The number of benzene rings is 2. The van der Waals surface area contributed by atoms with Crippen LogP contribution in [0.4, 0.5) is 30.5 Å². The van der Waals surface area contributed by atoms with Crippen LogP contribution in [-0.2, 0) is 0 Å². The molecular formula is C19H12F3N5O3. The smallest absolute Gasteiger partial charge is 0.387 e. The van der Waals surface area contributed by atoms with E-state index in [1.54, 1.807) is 12.3 Å². The second-order valence-electron chi connectivity index (χ2n) is 6.07. The molecule has 0 radical (unpaired) electrons. The van der Waals surface area contributed by atoms with E-state index in [1.807, 2.05) is 24.3 Å². The van der Waals surface area contributed by atoms with Gasteiger partial charge in [-0.05, 0) is 12.1 Å². The summed E-state index contributed by atoms with van der Waals surface area (Å²) in [5.41, 5.74) is 0.983. The number of nitrogens with one attached hydrogen (secondary N) is 2. The summed E-state index contributed by atoms with van der Waals surface area (Å²) in [4.78, 5) is 21.5. The summed E-state index contributed by atoms with van der Waals surface area (Å²) in [6.07, 6.45) is 3.18. The van der Waals surface area contributed by atoms with E-state index in [4.69, 9.17) is 0 Å². The monoisotopic (exact) mass is 415 g/mol. The van der Waals surface area contributed by atoms with E-state index in [1.165, 1.54) is 6.20 Å². The van der Waals surface area contributed by atoms with Crippen molar-refractivity contribution in [3.63, 3.8) is 0 Å². The van der Waals surface area contributed by atoms with Gasteiger partial charge in [0.15, 0.2) is 5.75 Å². The zero-order valence-electron chi connectivity index (χ0n) is 15.0. The van der Waals surface area contributed by atoms with Gasteiger partial charge in [-0.3, -0.25) is 10.1 Å². The number of fused-ring (bicyclic) bond motifs is 1. The second kappa shape index (κ2) is 7.70. The fourth-order valence-corrected chi connectivity index (χ4v) is 2.95. The van der Waals surface area contributed by atoms with Crippen molar-refractivity contribution in [2.24, 2.45) is 0 Å². The molecule has 0 saturated heterocycles. The van der Waals surface area contributed by atoms with Crippen molar-refractivity contribution in [2.75, 3.05) is 5.32 Å². The van der Waals surface area contributed by atoms with Gasteiger partial charge in [0, 0.05) is 41.0 Å². The van der Waals surface area contributed by atoms with E-state index >= 15 is 0 Å². The Bertz CT molecular complexity index is 1250. The molecule has 30 heavy (non-hydrogen) atoms. The SMILES string of the molecule is O=[N+]([O-])c1cc(Nc2nccc(-c3c[nH]c4ccccc34)n2)c(OC(F)F)cc1F. The molecule has 152 valence electrons. The summed E-state index contributed by atoms with van der Waals surface area (Å²) < 4.78 is 43.5. The molecule has 0 amide bonds. The molecule has 0 fully saturated rings. The predicted octanol–water partition coefficient (Wildman–Crippen LogP) is 5.02. The summed E-state index contributed by atoms with van der Waals surface area (Å²) in [6, 6.07) is 10.4. The van der Waals surface area contributed by atoms with Crippen LogP contribution < -0.4 is 10.1 Å². The lowest BCUT2D eigenvalue weighted by Gasteiger charge is -2.12. The van der Waals surface area contributed by atoms with Crippen molar-refractivity contribution in [2.45, 2.75) is 6.61 Å². The van der Waals surface area contributed by atoms with Crippen LogP contribution in [0.2, 0.25) is 0 Å². The third-order valence-electron chi connectivity index (χ3n) is 4.23. The van der Waals surface area contributed by atoms with E-state index in [-0.39, 0.29) is 11.6 Å². The Morgan fingerprint density at radius 1 is 1.20 bits per heavy atom. The third kappa shape index (κ3) is 3.72. The zero-order valence-corrected chi connectivity index (χ0v) is 15.0. The molecule has 4 aromatic rings. The van der Waals surface area contributed by atoms with Crippen LogP contribution >= 0.6 is 0 Å². The second-order valence-corrected chi connectivity index (χ2v) is 6.07. The average Bonchev–Trinajstić information content (AvgIpc) is 3.13. The number of rotatable bonds is 6. The van der Waals surface area contributed by atoms with Gasteiger partial charge in [0.2, 0.25) is 11.8 Å². The van der Waals surface area contributed by atoms with Gasteiger partial charge in [0.1, 0.15) is 0 Å². The molecule has 0 aliphatic heterocycles. The number of H-pyrrole nitrogens is 1. The van der Waals surface area contributed by atoms with E-state index in [9.17, 15) is 23.3 Å². The molecule has 8 nitrogen and oxygen atoms in total. The van der Waals surface area contributed by atoms with Crippen molar-refractivity contribution < 1.29 is 22.8 Å². The zero-order chi connectivity index (χ0) is 21.3. The van der Waals surface area contributed by atoms with Crippen LogP contribution in [0, 0.1) is 15.9 Å². The highest BCUT2D eigenvalue weighted by molar-refractivity contribution is 5.94. The molecular weight excluding hydrogens is 403 g/mol. The summed E-state index contributed by atoms with van der Waals surface area (Å²) in [5, 5.41) is 14.5. The van der Waals surface area contributed by atoms with Crippen molar-refractivity contribution >= 4 is 28.2 Å². The van der Waals surface area contributed by atoms with Crippen LogP contribution in [0.15, 0.2) is 54.9 Å². The quantitative estimate of drug-likeness (QED) is 0.338. The highest BCUT2D eigenvalue weighted by Gasteiger charge is 2.22. The number of aromatic nitrogens is 3. The van der Waals surface area contributed by atoms with Gasteiger partial charge < -0.3 is 15.0 Å². The van der Waals surface area contributed by atoms with E-state index < -0.39 is 28.8 Å². The van der Waals surface area contributed by atoms with Gasteiger partial charge in [0.25, 0.3) is 0 Å². The van der Waals surface area contributed by atoms with Gasteiger partial charge in [-0.25, -0.2) is 9.97 Å². The molecule has 0 aliphatic rings. The number of nitro groups is 1. The van der Waals surface area contributed by atoms with Crippen molar-refractivity contribution in [1.82, 2.24) is 15.0 Å². The number of anilines is 2. The van der Waals surface area contributed by atoms with Crippen molar-refractivity contribution in [1.29, 1.82) is 0 Å². The van der Waals surface area contributed by atoms with E-state index in [2.05, 4.69) is 25.0 Å². The standard InChI is InChI=1S/C19H12F3N5O3/c20-12-7-17(30-18(21)22)15(8-16(12)27(28)29)26-19-23-6-5-14(25-19)11-9-24-13-4-2-1-3-10(11)13/h1-9,18,24H,(H,23,25,26). The molecule has 0 aliphatic carbocycles. The minimum atomic E-state index is -3.26. The number of alkyl halides is 2. The van der Waals surface area contributed by atoms with Gasteiger partial charge in [-0.1, -0.05) is 18.2 Å². The lowest BCUT2D eigenvalue weighted by molar-refractivity contribution is -0.387. The average molecular weight is 415 g/mol. The molecule has 2 aromatic carbocycles. The van der Waals surface area contributed by atoms with Crippen molar-refractivity contribution in [3.05, 3.63) is 70.8 Å². The van der Waals surface area contributed by atoms with Crippen LogP contribution in [0.1, 0.15) is 0 Å². The van der Waals surface area contributed by atoms with Crippen LogP contribution in [-0.4, -0.2) is 26.5 Å². The number of hydrogen-bond donors (Lipinski definition) is 2. The fraction of sp³-hybridized carbons (Fsp3) is 0.0526. The Kier molecular flexibility index (Phi) is 4.92. The number of halogens is 3. The molecule has 0 spiro atoms. The molecule has 2 N–H and O–H groups in total. The molecule has 0 saturated carbocycles. The Balaban J connectivity index is 1.73. The number of aromatic amines is 1. The normalized spacial score (nSPS) is 11.1. The van der Waals surface area contributed by atoms with E-state index in [0.29, 0.717) is 11.8 Å². The number of nitrogens with zero attached hydrogens (tertiary/aromatic N) is 3. The molecule has 2 aromatic heterocycles. The topological polar surface area (TPSA) is 106 Å². The summed E-state index contributed by atoms with van der Waals surface area (Å²) in [5.74, 6) is -1.97. The summed E-state index contributed by atoms with van der Waals surface area (Å²) in [7, 11) is 0. The number of ether oxygens (including phenoxy) is 1. The van der Waals surface area contributed by atoms with Crippen molar-refractivity contribution in [3.8, 4) is 17.0 Å². The number of nitro benzene ring substituents is 1. The minimum Gasteiger partial charge on any atom is -0.432 e. The third-order valence-corrected chi connectivity index (χ3v) is 4.23. The Morgan fingerprint density at radius 2 is 2.00 bits per heavy atom. The first-order valence-electron chi connectivity index (χ1n) is 8.51. The van der Waals surface area contributed by atoms with E-state index in [0.717, 1.165) is 22.5 Å². The van der Waals surface area contributed by atoms with Gasteiger partial charge in [-0.15, -0.1) is 0 Å². The maximum absolute atomic E-state index is 13.8. The first kappa shape index (κ1) is 19.2. The number of hydrogen-bond acceptors (Lipinski definition) is 6. The number of para-hydroxylation sites is 1. The molecule has 0 unspecified atom stereocenters. The minimum absolute atomic E-state index is 0.0437. The molecule has 0 atom stereocenters. The molecule has 0 bridgehead atoms. The summed E-state index contributed by atoms with van der Waals surface area (Å²) >= 11 is 0. The lowest BCUT2D eigenvalue weighted by Crippen LogP contribution is -2.07.